The Hall–Kier alpha value is -0.570. The average Bonchev–Trinajstić information content (AvgIpc) is 2.58. The van der Waals surface area contributed by atoms with Crippen LogP contribution in [0.25, 0.3) is 0 Å². The Bertz CT molecular complexity index is 882. The predicted octanol–water partition coefficient (Wildman–Crippen LogP) is 6.17. The van der Waals surface area contributed by atoms with Crippen molar-refractivity contribution in [1.29, 1.82) is 0 Å². The molecule has 4 nitrogen and oxygen atoms in total. The van der Waals surface area contributed by atoms with E-state index in [9.17, 15) is 4.79 Å². The van der Waals surface area contributed by atoms with Gasteiger partial charge in [0.25, 0.3) is 0 Å². The lowest BCUT2D eigenvalue weighted by atomic mass is 10.1. The number of hydrogen-bond donors (Lipinski definition) is 3. The van der Waals surface area contributed by atoms with Crippen LogP contribution in [0.3, 0.4) is 0 Å². The largest absolute Gasteiger partial charge is 0.339 e. The summed E-state index contributed by atoms with van der Waals surface area (Å²) < 4.78 is -0.0862. The van der Waals surface area contributed by atoms with Crippen LogP contribution in [0.2, 0.25) is 0 Å². The number of alkyl halides is 3. The topological polar surface area (TPSA) is 53.2 Å². The molecular weight excluding hydrogens is 584 g/mol. The molecular formula is C19H18Br2Cl3N3OS. The number of benzene rings is 2. The Labute approximate surface area is 207 Å². The van der Waals surface area contributed by atoms with E-state index < -0.39 is 9.96 Å². The summed E-state index contributed by atoms with van der Waals surface area (Å²) in [5.74, 6) is -0.304. The van der Waals surface area contributed by atoms with E-state index in [0.717, 1.165) is 31.3 Å². The number of halogens is 5. The predicted molar refractivity (Wildman–Crippen MR) is 133 cm³/mol. The van der Waals surface area contributed by atoms with Gasteiger partial charge in [-0.1, -0.05) is 80.6 Å². The Morgan fingerprint density at radius 2 is 1.72 bits per heavy atom. The second kappa shape index (κ2) is 10.6. The van der Waals surface area contributed by atoms with Gasteiger partial charge in [-0.2, -0.15) is 0 Å². The van der Waals surface area contributed by atoms with E-state index in [4.69, 9.17) is 47.0 Å². The van der Waals surface area contributed by atoms with E-state index in [0.29, 0.717) is 0 Å². The fourth-order valence-corrected chi connectivity index (χ4v) is 4.53. The fourth-order valence-electron chi connectivity index (χ4n) is 2.44. The van der Waals surface area contributed by atoms with E-state index in [1.807, 2.05) is 50.2 Å². The van der Waals surface area contributed by atoms with Crippen LogP contribution in [0.1, 0.15) is 16.7 Å². The molecule has 0 aliphatic heterocycles. The number of anilines is 1. The van der Waals surface area contributed by atoms with Crippen LogP contribution in [-0.2, 0) is 11.2 Å². The quantitative estimate of drug-likeness (QED) is 0.218. The number of hydrogen-bond acceptors (Lipinski definition) is 2. The first kappa shape index (κ1) is 24.7. The van der Waals surface area contributed by atoms with Gasteiger partial charge in [0.15, 0.2) is 5.11 Å². The molecule has 0 bridgehead atoms. The SMILES string of the molecule is Cc1ccc(CC(=O)NC(NC(=S)Nc2c(C)cc(Br)cc2Br)C(Cl)(Cl)Cl)cc1. The van der Waals surface area contributed by atoms with Gasteiger partial charge in [0.1, 0.15) is 6.17 Å². The Kier molecular flexibility index (Phi) is 9.06. The summed E-state index contributed by atoms with van der Waals surface area (Å²) in [6.07, 6.45) is -0.878. The molecule has 3 N–H and O–H groups in total. The molecule has 0 saturated carbocycles. The molecule has 2 aromatic rings. The van der Waals surface area contributed by atoms with Crippen molar-refractivity contribution in [2.45, 2.75) is 30.2 Å². The van der Waals surface area contributed by atoms with Crippen molar-refractivity contribution in [2.24, 2.45) is 0 Å². The Morgan fingerprint density at radius 1 is 1.10 bits per heavy atom. The van der Waals surface area contributed by atoms with Gasteiger partial charge in [0.2, 0.25) is 9.70 Å². The van der Waals surface area contributed by atoms with Crippen LogP contribution in [0.5, 0.6) is 0 Å². The third-order valence-corrected chi connectivity index (χ3v) is 5.84. The highest BCUT2D eigenvalue weighted by Gasteiger charge is 2.34. The third-order valence-electron chi connectivity index (χ3n) is 3.88. The maximum Gasteiger partial charge on any atom is 0.228 e. The summed E-state index contributed by atoms with van der Waals surface area (Å²) in [7, 11) is 0. The van der Waals surface area contributed by atoms with Gasteiger partial charge >= 0.3 is 0 Å². The smallest absolute Gasteiger partial charge is 0.228 e. The molecule has 0 aliphatic carbocycles. The van der Waals surface area contributed by atoms with E-state index in [-0.39, 0.29) is 17.4 Å². The second-order valence-electron chi connectivity index (χ2n) is 6.38. The first-order valence-corrected chi connectivity index (χ1v) is 11.5. The highest BCUT2D eigenvalue weighted by molar-refractivity contribution is 9.11. The monoisotopic (exact) mass is 599 g/mol. The molecule has 0 fully saturated rings. The first-order valence-electron chi connectivity index (χ1n) is 8.40. The van der Waals surface area contributed by atoms with Gasteiger partial charge in [0, 0.05) is 8.95 Å². The third kappa shape index (κ3) is 7.89. The van der Waals surface area contributed by atoms with Crippen LogP contribution in [0.15, 0.2) is 45.3 Å². The molecule has 2 aromatic carbocycles. The van der Waals surface area contributed by atoms with Crippen LogP contribution >= 0.6 is 78.9 Å². The van der Waals surface area contributed by atoms with E-state index >= 15 is 0 Å². The number of carbonyl (C=O) groups excluding carboxylic acids is 1. The van der Waals surface area contributed by atoms with E-state index in [2.05, 4.69) is 47.8 Å². The van der Waals surface area contributed by atoms with Gasteiger partial charge in [0.05, 0.1) is 12.1 Å². The Morgan fingerprint density at radius 3 is 2.28 bits per heavy atom. The number of nitrogens with one attached hydrogen (secondary N) is 3. The Balaban J connectivity index is 2.06. The summed E-state index contributed by atoms with van der Waals surface area (Å²) in [4.78, 5) is 12.4. The van der Waals surface area contributed by atoms with E-state index in [1.54, 1.807) is 0 Å². The number of amides is 1. The van der Waals surface area contributed by atoms with Crippen LogP contribution < -0.4 is 16.0 Å². The maximum atomic E-state index is 12.4. The lowest BCUT2D eigenvalue weighted by Gasteiger charge is -2.28. The summed E-state index contributed by atoms with van der Waals surface area (Å²) in [6, 6.07) is 11.5. The molecule has 1 amide bonds. The van der Waals surface area contributed by atoms with Crippen LogP contribution in [-0.4, -0.2) is 21.0 Å². The number of aryl methyl sites for hydroxylation is 2. The standard InChI is InChI=1S/C19H18Br2Cl3N3OS/c1-10-3-5-12(6-4-10)8-15(28)25-17(19(22,23)24)27-18(29)26-16-11(2)7-13(20)9-14(16)21/h3-7,9,17H,8H2,1-2H3,(H,25,28)(H2,26,27,29). The minimum atomic E-state index is -1.82. The maximum absolute atomic E-state index is 12.4. The molecule has 0 radical (unpaired) electrons. The van der Waals surface area contributed by atoms with Crippen molar-refractivity contribution in [3.63, 3.8) is 0 Å². The lowest BCUT2D eigenvalue weighted by Crippen LogP contribution is -2.56. The summed E-state index contributed by atoms with van der Waals surface area (Å²) in [6.45, 7) is 3.91. The molecule has 0 saturated heterocycles. The zero-order chi connectivity index (χ0) is 21.8. The molecule has 0 spiro atoms. The molecule has 1 atom stereocenters. The molecule has 10 heteroatoms. The highest BCUT2D eigenvalue weighted by Crippen LogP contribution is 2.31. The minimum absolute atomic E-state index is 0.150. The summed E-state index contributed by atoms with van der Waals surface area (Å²) in [5, 5.41) is 8.80. The molecule has 29 heavy (non-hydrogen) atoms. The van der Waals surface area contributed by atoms with Crippen molar-refractivity contribution in [3.05, 3.63) is 62.0 Å². The molecule has 2 rings (SSSR count). The van der Waals surface area contributed by atoms with Gasteiger partial charge in [-0.25, -0.2) is 0 Å². The second-order valence-corrected chi connectivity index (χ2v) is 10.9. The van der Waals surface area contributed by atoms with Crippen molar-refractivity contribution in [3.8, 4) is 0 Å². The van der Waals surface area contributed by atoms with Crippen LogP contribution in [0.4, 0.5) is 5.69 Å². The fraction of sp³-hybridized carbons (Fsp3) is 0.263. The summed E-state index contributed by atoms with van der Waals surface area (Å²) in [5.41, 5.74) is 3.68. The molecule has 1 unspecified atom stereocenters. The van der Waals surface area contributed by atoms with Crippen molar-refractivity contribution < 1.29 is 4.79 Å². The van der Waals surface area contributed by atoms with Crippen molar-refractivity contribution in [1.82, 2.24) is 10.6 Å². The number of rotatable bonds is 5. The first-order chi connectivity index (χ1) is 13.5. The number of carbonyl (C=O) groups is 1. The molecule has 0 heterocycles. The van der Waals surface area contributed by atoms with E-state index in [1.165, 1.54) is 0 Å². The zero-order valence-corrected chi connectivity index (χ0v) is 21.7. The van der Waals surface area contributed by atoms with Gasteiger partial charge in [-0.15, -0.1) is 0 Å². The normalized spacial score (nSPS) is 12.2. The molecule has 0 aliphatic rings. The number of thiocarbonyl (C=S) groups is 1. The molecule has 0 aromatic heterocycles. The highest BCUT2D eigenvalue weighted by atomic mass is 79.9. The van der Waals surface area contributed by atoms with Gasteiger partial charge < -0.3 is 16.0 Å². The van der Waals surface area contributed by atoms with Gasteiger partial charge in [-0.3, -0.25) is 4.79 Å². The zero-order valence-electron chi connectivity index (χ0n) is 15.5. The van der Waals surface area contributed by atoms with Crippen LogP contribution in [0, 0.1) is 13.8 Å². The average molecular weight is 603 g/mol. The van der Waals surface area contributed by atoms with Gasteiger partial charge in [-0.05, 0) is 65.3 Å². The van der Waals surface area contributed by atoms with Crippen molar-refractivity contribution in [2.75, 3.05) is 5.32 Å². The summed E-state index contributed by atoms with van der Waals surface area (Å²) >= 11 is 30.4. The minimum Gasteiger partial charge on any atom is -0.339 e. The molecule has 156 valence electrons. The lowest BCUT2D eigenvalue weighted by molar-refractivity contribution is -0.121. The van der Waals surface area contributed by atoms with Crippen molar-refractivity contribution >= 4 is 95.6 Å².